The molecule has 2 N–H and O–H groups in total. The largest absolute Gasteiger partial charge is 0.489 e. The molecule has 0 atom stereocenters. The Bertz CT molecular complexity index is 657. The van der Waals surface area contributed by atoms with Crippen LogP contribution in [0.1, 0.15) is 18.1 Å². The van der Waals surface area contributed by atoms with Crippen molar-refractivity contribution in [2.45, 2.75) is 13.5 Å². The Balaban J connectivity index is 1.83. The van der Waals surface area contributed by atoms with Crippen molar-refractivity contribution in [3.8, 4) is 5.75 Å². The number of hydrogen-bond donors (Lipinski definition) is 2. The number of ether oxygens (including phenoxy) is 1. The van der Waals surface area contributed by atoms with E-state index >= 15 is 0 Å². The van der Waals surface area contributed by atoms with E-state index in [9.17, 15) is 0 Å². The quantitative estimate of drug-likeness (QED) is 0.446. The van der Waals surface area contributed by atoms with E-state index in [2.05, 4.69) is 31.8 Å². The van der Waals surface area contributed by atoms with Crippen LogP contribution in [0.5, 0.6) is 5.75 Å². The predicted molar refractivity (Wildman–Crippen MR) is 102 cm³/mol. The molecule has 0 unspecified atom stereocenters. The summed E-state index contributed by atoms with van der Waals surface area (Å²) in [5, 5.41) is 7.54. The van der Waals surface area contributed by atoms with Crippen molar-refractivity contribution in [2.75, 3.05) is 6.54 Å². The minimum absolute atomic E-state index is 0.512. The maximum atomic E-state index is 5.76. The Kier molecular flexibility index (Phi) is 7.03. The van der Waals surface area contributed by atoms with E-state index < -0.39 is 0 Å². The summed E-state index contributed by atoms with van der Waals surface area (Å²) in [6.45, 7) is 3.29. The van der Waals surface area contributed by atoms with Crippen molar-refractivity contribution in [3.63, 3.8) is 0 Å². The third-order valence-corrected chi connectivity index (χ3v) is 3.68. The Labute approximate surface area is 150 Å². The number of nitrogens with one attached hydrogen (secondary N) is 2. The van der Waals surface area contributed by atoms with Gasteiger partial charge >= 0.3 is 0 Å². The Hall–Kier alpha value is -1.92. The van der Waals surface area contributed by atoms with Gasteiger partial charge in [-0.2, -0.15) is 5.10 Å². The molecule has 0 aliphatic heterocycles. The molecule has 4 nitrogen and oxygen atoms in total. The van der Waals surface area contributed by atoms with Gasteiger partial charge in [0.1, 0.15) is 12.4 Å². The summed E-state index contributed by atoms with van der Waals surface area (Å²) >= 11 is 8.44. The van der Waals surface area contributed by atoms with E-state index in [1.165, 1.54) is 0 Å². The Morgan fingerprint density at radius 1 is 1.17 bits per heavy atom. The van der Waals surface area contributed by atoms with Crippen molar-refractivity contribution in [1.29, 1.82) is 0 Å². The summed E-state index contributed by atoms with van der Waals surface area (Å²) in [5.41, 5.74) is 4.84. The van der Waals surface area contributed by atoms with Gasteiger partial charge in [0.2, 0.25) is 0 Å². The fourth-order valence-electron chi connectivity index (χ4n) is 1.76. The topological polar surface area (TPSA) is 45.7 Å². The second-order valence-corrected chi connectivity index (χ2v) is 6.04. The lowest BCUT2D eigenvalue weighted by Crippen LogP contribution is -2.31. The van der Waals surface area contributed by atoms with Crippen LogP contribution in [0.2, 0.25) is 0 Å². The summed E-state index contributed by atoms with van der Waals surface area (Å²) in [6, 6.07) is 15.8. The van der Waals surface area contributed by atoms with Gasteiger partial charge in [-0.05, 0) is 66.7 Å². The smallest absolute Gasteiger partial charge is 0.186 e. The van der Waals surface area contributed by atoms with Crippen molar-refractivity contribution in [2.24, 2.45) is 5.10 Å². The Morgan fingerprint density at radius 2 is 1.87 bits per heavy atom. The lowest BCUT2D eigenvalue weighted by Gasteiger charge is -2.07. The molecule has 0 radical (unpaired) electrons. The monoisotopic (exact) mass is 391 g/mol. The van der Waals surface area contributed by atoms with Crippen molar-refractivity contribution < 1.29 is 4.74 Å². The predicted octanol–water partition coefficient (Wildman–Crippen LogP) is 3.85. The summed E-state index contributed by atoms with van der Waals surface area (Å²) < 4.78 is 6.82. The highest BCUT2D eigenvalue weighted by Gasteiger charge is 1.97. The molecule has 0 amide bonds. The van der Waals surface area contributed by atoms with E-state index in [1.54, 1.807) is 6.21 Å². The standard InChI is InChI=1S/C17H18BrN3OS/c1-2-19-17(23)21-20-11-13-5-9-16(10-6-13)22-12-14-3-7-15(18)8-4-14/h3-11H,2,12H2,1H3,(H2,19,21,23)/b20-11+. The molecular formula is C17H18BrN3OS. The molecule has 0 aliphatic carbocycles. The lowest BCUT2D eigenvalue weighted by molar-refractivity contribution is 0.306. The minimum Gasteiger partial charge on any atom is -0.489 e. The van der Waals surface area contributed by atoms with Gasteiger partial charge in [-0.3, -0.25) is 5.43 Å². The number of halogens is 1. The first kappa shape index (κ1) is 17.4. The van der Waals surface area contributed by atoms with Crippen LogP contribution in [-0.2, 0) is 6.61 Å². The summed E-state index contributed by atoms with van der Waals surface area (Å²) in [7, 11) is 0. The maximum absolute atomic E-state index is 5.76. The zero-order valence-corrected chi connectivity index (χ0v) is 15.2. The maximum Gasteiger partial charge on any atom is 0.186 e. The molecule has 0 bridgehead atoms. The second-order valence-electron chi connectivity index (χ2n) is 4.71. The van der Waals surface area contributed by atoms with E-state index in [-0.39, 0.29) is 0 Å². The van der Waals surface area contributed by atoms with Crippen LogP contribution >= 0.6 is 28.1 Å². The Morgan fingerprint density at radius 3 is 2.52 bits per heavy atom. The van der Waals surface area contributed by atoms with E-state index in [0.717, 1.165) is 27.9 Å². The van der Waals surface area contributed by atoms with Gasteiger partial charge in [-0.25, -0.2) is 0 Å². The molecule has 2 aromatic carbocycles. The van der Waals surface area contributed by atoms with Crippen molar-refractivity contribution >= 4 is 39.5 Å². The highest BCUT2D eigenvalue weighted by molar-refractivity contribution is 9.10. The SMILES string of the molecule is CCNC(=S)N/N=C/c1ccc(OCc2ccc(Br)cc2)cc1. The van der Waals surface area contributed by atoms with Crippen LogP contribution in [0.25, 0.3) is 0 Å². The number of rotatable bonds is 6. The van der Waals surface area contributed by atoms with Gasteiger partial charge in [0, 0.05) is 11.0 Å². The van der Waals surface area contributed by atoms with Crippen molar-refractivity contribution in [3.05, 3.63) is 64.1 Å². The highest BCUT2D eigenvalue weighted by atomic mass is 79.9. The molecule has 0 saturated heterocycles. The normalized spacial score (nSPS) is 10.5. The molecule has 0 fully saturated rings. The van der Waals surface area contributed by atoms with Gasteiger partial charge < -0.3 is 10.1 Å². The van der Waals surface area contributed by atoms with Gasteiger partial charge in [-0.1, -0.05) is 28.1 Å². The molecule has 0 heterocycles. The summed E-state index contributed by atoms with van der Waals surface area (Å²) in [4.78, 5) is 0. The fraction of sp³-hybridized carbons (Fsp3) is 0.176. The molecular weight excluding hydrogens is 374 g/mol. The van der Waals surface area contributed by atoms with Gasteiger partial charge in [0.25, 0.3) is 0 Å². The first-order valence-electron chi connectivity index (χ1n) is 7.21. The molecule has 2 rings (SSSR count). The number of hydrazone groups is 1. The van der Waals surface area contributed by atoms with Gasteiger partial charge in [-0.15, -0.1) is 0 Å². The first-order valence-corrected chi connectivity index (χ1v) is 8.41. The van der Waals surface area contributed by atoms with Gasteiger partial charge in [0.15, 0.2) is 5.11 Å². The second kappa shape index (κ2) is 9.27. The van der Waals surface area contributed by atoms with Crippen LogP contribution in [-0.4, -0.2) is 17.9 Å². The van der Waals surface area contributed by atoms with Gasteiger partial charge in [0.05, 0.1) is 6.21 Å². The van der Waals surface area contributed by atoms with Crippen LogP contribution in [0.4, 0.5) is 0 Å². The highest BCUT2D eigenvalue weighted by Crippen LogP contribution is 2.15. The van der Waals surface area contributed by atoms with E-state index in [0.29, 0.717) is 11.7 Å². The summed E-state index contributed by atoms with van der Waals surface area (Å²) in [6.07, 6.45) is 1.71. The zero-order chi connectivity index (χ0) is 16.5. The molecule has 0 saturated carbocycles. The minimum atomic E-state index is 0.512. The average Bonchev–Trinajstić information content (AvgIpc) is 2.56. The van der Waals surface area contributed by atoms with Crippen LogP contribution in [0.3, 0.4) is 0 Å². The molecule has 0 spiro atoms. The number of hydrogen-bond acceptors (Lipinski definition) is 3. The third kappa shape index (κ3) is 6.38. The zero-order valence-electron chi connectivity index (χ0n) is 12.8. The number of thiocarbonyl (C=S) groups is 1. The summed E-state index contributed by atoms with van der Waals surface area (Å²) in [5.74, 6) is 0.821. The van der Waals surface area contributed by atoms with E-state index in [4.69, 9.17) is 17.0 Å². The molecule has 0 aliphatic rings. The fourth-order valence-corrected chi connectivity index (χ4v) is 2.22. The van der Waals surface area contributed by atoms with Crippen molar-refractivity contribution in [1.82, 2.24) is 10.7 Å². The van der Waals surface area contributed by atoms with Crippen LogP contribution in [0.15, 0.2) is 58.1 Å². The molecule has 6 heteroatoms. The molecule has 2 aromatic rings. The molecule has 120 valence electrons. The third-order valence-electron chi connectivity index (χ3n) is 2.92. The number of nitrogens with zero attached hydrogens (tertiary/aromatic N) is 1. The lowest BCUT2D eigenvalue weighted by atomic mass is 10.2. The number of benzene rings is 2. The average molecular weight is 392 g/mol. The molecule has 23 heavy (non-hydrogen) atoms. The molecule has 0 aromatic heterocycles. The van der Waals surface area contributed by atoms with Crippen LogP contribution < -0.4 is 15.5 Å². The van der Waals surface area contributed by atoms with Crippen LogP contribution in [0, 0.1) is 0 Å². The first-order chi connectivity index (χ1) is 11.2. The van der Waals surface area contributed by atoms with E-state index in [1.807, 2.05) is 55.5 Å².